The van der Waals surface area contributed by atoms with E-state index in [1.807, 2.05) is 31.2 Å². The molecule has 2 heterocycles. The molecule has 94 valence electrons. The van der Waals surface area contributed by atoms with Crippen molar-refractivity contribution < 1.29 is 0 Å². The SMILES string of the molecule is Cc1nccc2c(=O)[nH]c(-c3ccc(Br)cc3)nc12. The van der Waals surface area contributed by atoms with Gasteiger partial charge in [-0.1, -0.05) is 28.1 Å². The highest BCUT2D eigenvalue weighted by Crippen LogP contribution is 2.19. The Labute approximate surface area is 117 Å². The molecular weight excluding hydrogens is 306 g/mol. The van der Waals surface area contributed by atoms with Gasteiger partial charge in [-0.3, -0.25) is 9.78 Å². The Balaban J connectivity index is 2.29. The molecule has 0 amide bonds. The van der Waals surface area contributed by atoms with Crippen molar-refractivity contribution in [1.29, 1.82) is 0 Å². The van der Waals surface area contributed by atoms with Crippen LogP contribution in [-0.4, -0.2) is 15.0 Å². The van der Waals surface area contributed by atoms with Gasteiger partial charge in [-0.05, 0) is 25.1 Å². The van der Waals surface area contributed by atoms with Crippen molar-refractivity contribution in [1.82, 2.24) is 15.0 Å². The molecule has 0 aliphatic carbocycles. The highest BCUT2D eigenvalue weighted by molar-refractivity contribution is 9.10. The number of H-pyrrole nitrogens is 1. The van der Waals surface area contributed by atoms with Crippen LogP contribution in [0.2, 0.25) is 0 Å². The molecule has 3 rings (SSSR count). The van der Waals surface area contributed by atoms with E-state index in [2.05, 4.69) is 30.9 Å². The molecule has 0 aliphatic rings. The minimum atomic E-state index is -0.145. The minimum Gasteiger partial charge on any atom is -0.306 e. The molecule has 5 heteroatoms. The molecule has 4 nitrogen and oxygen atoms in total. The number of aryl methyl sites for hydroxylation is 1. The Bertz CT molecular complexity index is 809. The fourth-order valence-electron chi connectivity index (χ4n) is 1.94. The number of hydrogen-bond donors (Lipinski definition) is 1. The second-order valence-corrected chi connectivity index (χ2v) is 5.13. The van der Waals surface area contributed by atoms with Crippen LogP contribution in [0, 0.1) is 6.92 Å². The lowest BCUT2D eigenvalue weighted by Gasteiger charge is -2.04. The number of fused-ring (bicyclic) bond motifs is 1. The van der Waals surface area contributed by atoms with Crippen LogP contribution in [0.5, 0.6) is 0 Å². The first-order chi connectivity index (χ1) is 9.15. The van der Waals surface area contributed by atoms with E-state index in [9.17, 15) is 4.79 Å². The zero-order valence-electron chi connectivity index (χ0n) is 10.1. The molecule has 0 unspecified atom stereocenters. The van der Waals surface area contributed by atoms with Gasteiger partial charge in [0.2, 0.25) is 0 Å². The molecule has 0 spiro atoms. The predicted octanol–water partition coefficient (Wildman–Crippen LogP) is 3.06. The van der Waals surface area contributed by atoms with Crippen LogP contribution >= 0.6 is 15.9 Å². The highest BCUT2D eigenvalue weighted by atomic mass is 79.9. The quantitative estimate of drug-likeness (QED) is 0.750. The molecule has 0 radical (unpaired) electrons. The van der Waals surface area contributed by atoms with Crippen molar-refractivity contribution in [2.45, 2.75) is 6.92 Å². The van der Waals surface area contributed by atoms with E-state index in [4.69, 9.17) is 0 Å². The molecule has 0 aliphatic heterocycles. The average Bonchev–Trinajstić information content (AvgIpc) is 2.41. The number of nitrogens with one attached hydrogen (secondary N) is 1. The Morgan fingerprint density at radius 3 is 2.63 bits per heavy atom. The topological polar surface area (TPSA) is 58.6 Å². The van der Waals surface area contributed by atoms with Gasteiger partial charge < -0.3 is 4.98 Å². The maximum Gasteiger partial charge on any atom is 0.259 e. The van der Waals surface area contributed by atoms with Crippen LogP contribution in [0.3, 0.4) is 0 Å². The summed E-state index contributed by atoms with van der Waals surface area (Å²) >= 11 is 3.38. The molecule has 0 saturated heterocycles. The Kier molecular flexibility index (Phi) is 2.91. The second kappa shape index (κ2) is 4.59. The lowest BCUT2D eigenvalue weighted by atomic mass is 10.2. The lowest BCUT2D eigenvalue weighted by molar-refractivity contribution is 1.14. The third-order valence-electron chi connectivity index (χ3n) is 2.93. The molecular formula is C14H10BrN3O. The number of aromatic nitrogens is 3. The van der Waals surface area contributed by atoms with E-state index in [0.29, 0.717) is 16.7 Å². The van der Waals surface area contributed by atoms with E-state index in [1.54, 1.807) is 12.3 Å². The molecule has 3 aromatic rings. The minimum absolute atomic E-state index is 0.145. The van der Waals surface area contributed by atoms with Crippen molar-refractivity contribution in [3.8, 4) is 11.4 Å². The molecule has 0 atom stereocenters. The third kappa shape index (κ3) is 2.17. The van der Waals surface area contributed by atoms with Crippen LogP contribution in [-0.2, 0) is 0 Å². The summed E-state index contributed by atoms with van der Waals surface area (Å²) in [6.07, 6.45) is 1.62. The van der Waals surface area contributed by atoms with Crippen molar-refractivity contribution in [2.75, 3.05) is 0 Å². The normalized spacial score (nSPS) is 10.8. The maximum atomic E-state index is 12.1. The first kappa shape index (κ1) is 12.0. The summed E-state index contributed by atoms with van der Waals surface area (Å²) in [5.74, 6) is 0.557. The molecule has 2 aromatic heterocycles. The van der Waals surface area contributed by atoms with Crippen LogP contribution in [0.15, 0.2) is 45.8 Å². The summed E-state index contributed by atoms with van der Waals surface area (Å²) in [5, 5.41) is 0.563. The first-order valence-electron chi connectivity index (χ1n) is 5.77. The maximum absolute atomic E-state index is 12.1. The number of nitrogens with zero attached hydrogens (tertiary/aromatic N) is 2. The molecule has 1 N–H and O–H groups in total. The van der Waals surface area contributed by atoms with Crippen molar-refractivity contribution >= 4 is 26.8 Å². The van der Waals surface area contributed by atoms with Gasteiger partial charge in [0.05, 0.1) is 16.6 Å². The van der Waals surface area contributed by atoms with Crippen LogP contribution in [0.1, 0.15) is 5.69 Å². The van der Waals surface area contributed by atoms with Crippen LogP contribution in [0.25, 0.3) is 22.3 Å². The van der Waals surface area contributed by atoms with Gasteiger partial charge in [0.1, 0.15) is 5.82 Å². The fraction of sp³-hybridized carbons (Fsp3) is 0.0714. The lowest BCUT2D eigenvalue weighted by Crippen LogP contribution is -2.10. The first-order valence-corrected chi connectivity index (χ1v) is 6.56. The highest BCUT2D eigenvalue weighted by Gasteiger charge is 2.08. The Morgan fingerprint density at radius 2 is 1.89 bits per heavy atom. The summed E-state index contributed by atoms with van der Waals surface area (Å²) in [6.45, 7) is 1.85. The molecule has 0 bridgehead atoms. The summed E-state index contributed by atoms with van der Waals surface area (Å²) < 4.78 is 0.984. The predicted molar refractivity (Wildman–Crippen MR) is 78.0 cm³/mol. The van der Waals surface area contributed by atoms with Gasteiger partial charge in [0.25, 0.3) is 5.56 Å². The summed E-state index contributed by atoms with van der Waals surface area (Å²) in [6, 6.07) is 9.31. The molecule has 0 fully saturated rings. The Hall–Kier alpha value is -2.01. The average molecular weight is 316 g/mol. The van der Waals surface area contributed by atoms with Crippen LogP contribution in [0.4, 0.5) is 0 Å². The number of pyridine rings is 1. The zero-order chi connectivity index (χ0) is 13.4. The second-order valence-electron chi connectivity index (χ2n) is 4.21. The molecule has 1 aromatic carbocycles. The van der Waals surface area contributed by atoms with Gasteiger partial charge in [-0.2, -0.15) is 0 Å². The fourth-order valence-corrected chi connectivity index (χ4v) is 2.21. The summed E-state index contributed by atoms with van der Waals surface area (Å²) in [5.41, 5.74) is 2.12. The summed E-state index contributed by atoms with van der Waals surface area (Å²) in [7, 11) is 0. The van der Waals surface area contributed by atoms with Crippen molar-refractivity contribution in [2.24, 2.45) is 0 Å². The Morgan fingerprint density at radius 1 is 1.16 bits per heavy atom. The van der Waals surface area contributed by atoms with E-state index in [1.165, 1.54) is 0 Å². The van der Waals surface area contributed by atoms with Gasteiger partial charge in [0, 0.05) is 16.2 Å². The van der Waals surface area contributed by atoms with Crippen molar-refractivity contribution in [3.63, 3.8) is 0 Å². The smallest absolute Gasteiger partial charge is 0.259 e. The monoisotopic (exact) mass is 315 g/mol. The number of halogens is 1. The number of rotatable bonds is 1. The van der Waals surface area contributed by atoms with Crippen molar-refractivity contribution in [3.05, 3.63) is 57.0 Å². The number of aromatic amines is 1. The number of benzene rings is 1. The van der Waals surface area contributed by atoms with Gasteiger partial charge in [0.15, 0.2) is 0 Å². The molecule has 0 saturated carbocycles. The van der Waals surface area contributed by atoms with E-state index in [-0.39, 0.29) is 5.56 Å². The zero-order valence-corrected chi connectivity index (χ0v) is 11.7. The third-order valence-corrected chi connectivity index (χ3v) is 3.45. The van der Waals surface area contributed by atoms with Gasteiger partial charge in [-0.15, -0.1) is 0 Å². The summed E-state index contributed by atoms with van der Waals surface area (Å²) in [4.78, 5) is 23.5. The van der Waals surface area contributed by atoms with Gasteiger partial charge >= 0.3 is 0 Å². The van der Waals surface area contributed by atoms with E-state index >= 15 is 0 Å². The van der Waals surface area contributed by atoms with Gasteiger partial charge in [-0.25, -0.2) is 4.98 Å². The number of hydrogen-bond acceptors (Lipinski definition) is 3. The standard InChI is InChI=1S/C14H10BrN3O/c1-8-12-11(6-7-16-8)14(19)18-13(17-12)9-2-4-10(15)5-3-9/h2-7H,1H3,(H,17,18,19). The largest absolute Gasteiger partial charge is 0.306 e. The molecule has 19 heavy (non-hydrogen) atoms. The van der Waals surface area contributed by atoms with Crippen LogP contribution < -0.4 is 5.56 Å². The van der Waals surface area contributed by atoms with E-state index in [0.717, 1.165) is 15.7 Å². The van der Waals surface area contributed by atoms with E-state index < -0.39 is 0 Å².